The number of oxime groups is 1. The van der Waals surface area contributed by atoms with Gasteiger partial charge >= 0.3 is 0 Å². The zero-order valence-corrected chi connectivity index (χ0v) is 45.6. The molecule has 1 aromatic heterocycles. The Morgan fingerprint density at radius 3 is 0.839 bits per heavy atom. The fourth-order valence-electron chi connectivity index (χ4n) is 11.5. The fourth-order valence-corrected chi connectivity index (χ4v) is 11.5. The molecule has 21 fully saturated rings. The van der Waals surface area contributed by atoms with Crippen LogP contribution in [0.4, 0.5) is 0 Å². The Hall–Kier alpha value is -2.78. The lowest BCUT2D eigenvalue weighted by Gasteiger charge is -2.50. The molecular formula is C49H76N2O36. The molecule has 38 heteroatoms. The van der Waals surface area contributed by atoms with Crippen molar-refractivity contribution in [1.82, 2.24) is 4.98 Å². The minimum absolute atomic E-state index is 0.130. The van der Waals surface area contributed by atoms with Crippen LogP contribution in [0.1, 0.15) is 11.3 Å². The van der Waals surface area contributed by atoms with Gasteiger partial charge in [0, 0.05) is 6.20 Å². The molecule has 87 heavy (non-hydrogen) atoms. The first-order valence-electron chi connectivity index (χ1n) is 27.7. The van der Waals surface area contributed by atoms with Gasteiger partial charge < -0.3 is 178 Å². The van der Waals surface area contributed by atoms with Crippen molar-refractivity contribution in [3.63, 3.8) is 0 Å². The lowest BCUT2D eigenvalue weighted by molar-refractivity contribution is -0.398. The molecule has 0 aromatic carbocycles. The van der Waals surface area contributed by atoms with Crippen LogP contribution in [0.5, 0.6) is 0 Å². The van der Waals surface area contributed by atoms with Crippen molar-refractivity contribution in [1.29, 1.82) is 0 Å². The van der Waals surface area contributed by atoms with Crippen LogP contribution in [0.2, 0.25) is 0 Å². The van der Waals surface area contributed by atoms with Crippen LogP contribution < -0.4 is 0 Å². The van der Waals surface area contributed by atoms with E-state index in [9.17, 15) is 102 Å². The quantitative estimate of drug-likeness (QED) is 0.0556. The van der Waals surface area contributed by atoms with E-state index in [1.807, 2.05) is 0 Å². The van der Waals surface area contributed by atoms with E-state index in [-0.39, 0.29) is 5.69 Å². The third-order valence-electron chi connectivity index (χ3n) is 16.2. The maximum Gasteiger partial charge on any atom is 0.187 e. The van der Waals surface area contributed by atoms with Gasteiger partial charge in [-0.05, 0) is 17.7 Å². The Labute approximate surface area is 491 Å². The highest BCUT2D eigenvalue weighted by Gasteiger charge is 2.60. The van der Waals surface area contributed by atoms with E-state index in [1.165, 1.54) is 18.3 Å². The van der Waals surface area contributed by atoms with Gasteiger partial charge in [0.1, 0.15) is 171 Å². The van der Waals surface area contributed by atoms with Gasteiger partial charge in [-0.1, -0.05) is 5.16 Å². The number of nitrogens with zero attached hydrogens (tertiary/aromatic N) is 2. The molecule has 498 valence electrons. The van der Waals surface area contributed by atoms with Crippen LogP contribution in [-0.4, -0.2) is 380 Å². The van der Waals surface area contributed by atoms with E-state index in [0.29, 0.717) is 5.56 Å². The largest absolute Gasteiger partial charge is 0.411 e. The summed E-state index contributed by atoms with van der Waals surface area (Å²) < 4.78 is 87.5. The van der Waals surface area contributed by atoms with Gasteiger partial charge in [-0.3, -0.25) is 4.98 Å². The van der Waals surface area contributed by atoms with E-state index in [2.05, 4.69) is 10.1 Å². The number of hydrogen-bond donors (Lipinski definition) is 21. The monoisotopic (exact) mass is 1270 g/mol. The van der Waals surface area contributed by atoms with Crippen LogP contribution in [0.3, 0.4) is 0 Å². The number of pyridine rings is 1. The van der Waals surface area contributed by atoms with Gasteiger partial charge in [-0.25, -0.2) is 0 Å². The molecule has 22 rings (SSSR count). The lowest BCUT2D eigenvalue weighted by Crippen LogP contribution is -2.68. The maximum absolute atomic E-state index is 12.2. The smallest absolute Gasteiger partial charge is 0.187 e. The summed E-state index contributed by atoms with van der Waals surface area (Å²) in [6.07, 6.45) is -68.0. The second-order valence-corrected chi connectivity index (χ2v) is 21.8. The van der Waals surface area contributed by atoms with Gasteiger partial charge in [0.15, 0.2) is 44.0 Å². The SMILES string of the molecule is OC[C@H]1O[C@@H]2O[C@H]3[C@H](O)[C@@H](O)[C@@H](O[C@H]4[C@H](O)[C@@H](O)[C@@H](O[C@H]5[C@H](O)[C@@H](OCc6ccnc(/C=N\O)c6)[C@@H](O[C@H]6[C@H](O)[C@@H](O)[C@H](O[C@@H]6CO)O[C@H]6C(O)[C@@H](O)[C@@H](O[C@H]7[C@H](O)C(O)[C@@H](O[C@H]1[C@H](O)[C@H]2O)O[C@@H]7CO)O[C@@H]6CO)O[C@@H]5CO)O[C@@H]4CO)O[C@@H]3CO. The van der Waals surface area contributed by atoms with Gasteiger partial charge in [-0.15, -0.1) is 0 Å². The number of aliphatic hydroxyl groups is 20. The van der Waals surface area contributed by atoms with Crippen molar-refractivity contribution in [3.05, 3.63) is 29.6 Å². The number of hydrogen-bond acceptors (Lipinski definition) is 38. The summed E-state index contributed by atoms with van der Waals surface area (Å²) in [5.41, 5.74) is 0.438. The summed E-state index contributed by atoms with van der Waals surface area (Å²) >= 11 is 0. The molecule has 0 radical (unpaired) electrons. The Balaban J connectivity index is 1.03. The molecule has 21 N–H and O–H groups in total. The zero-order chi connectivity index (χ0) is 62.9. The van der Waals surface area contributed by atoms with Crippen LogP contribution in [-0.2, 0) is 77.7 Å². The maximum atomic E-state index is 12.2. The van der Waals surface area contributed by atoms with Gasteiger partial charge in [0.2, 0.25) is 0 Å². The van der Waals surface area contributed by atoms with Crippen molar-refractivity contribution >= 4 is 6.21 Å². The molecule has 38 nitrogen and oxygen atoms in total. The summed E-state index contributed by atoms with van der Waals surface area (Å²) in [5.74, 6) is 0. The van der Waals surface area contributed by atoms with E-state index < -0.39 is 268 Å². The topological polar surface area (TPSA) is 589 Å². The summed E-state index contributed by atoms with van der Waals surface area (Å²) in [5, 5.41) is 236. The molecule has 21 saturated heterocycles. The predicted octanol–water partition coefficient (Wildman–Crippen LogP) is -13.8. The highest BCUT2D eigenvalue weighted by atomic mass is 16.8. The first-order valence-corrected chi connectivity index (χ1v) is 27.7. The van der Waals surface area contributed by atoms with E-state index in [4.69, 9.17) is 76.3 Å². The predicted molar refractivity (Wildman–Crippen MR) is 265 cm³/mol. The fraction of sp³-hybridized carbons (Fsp3) is 0.878. The Morgan fingerprint density at radius 2 is 0.586 bits per heavy atom. The minimum Gasteiger partial charge on any atom is -0.411 e. The molecule has 2 unspecified atom stereocenters. The molecule has 22 heterocycles. The summed E-state index contributed by atoms with van der Waals surface area (Å²) in [7, 11) is 0. The van der Waals surface area contributed by atoms with Crippen LogP contribution >= 0.6 is 0 Å². The highest BCUT2D eigenvalue weighted by molar-refractivity contribution is 5.76. The van der Waals surface area contributed by atoms with Gasteiger partial charge in [0.05, 0.1) is 64.8 Å². The number of aliphatic hydroxyl groups excluding tert-OH is 20. The molecule has 35 atom stereocenters. The lowest BCUT2D eigenvalue weighted by atomic mass is 9.95. The molecule has 1 aromatic rings. The number of rotatable bonds is 11. The van der Waals surface area contributed by atoms with Crippen molar-refractivity contribution in [2.24, 2.45) is 5.16 Å². The summed E-state index contributed by atoms with van der Waals surface area (Å²) in [6, 6.07) is 2.84. The molecule has 0 aliphatic carbocycles. The van der Waals surface area contributed by atoms with Gasteiger partial charge in [-0.2, -0.15) is 0 Å². The van der Waals surface area contributed by atoms with Crippen LogP contribution in [0, 0.1) is 0 Å². The number of ether oxygens (including phenoxy) is 15. The summed E-state index contributed by atoms with van der Waals surface area (Å²) in [4.78, 5) is 4.02. The molecule has 0 amide bonds. The van der Waals surface area contributed by atoms with Crippen LogP contribution in [0.15, 0.2) is 23.5 Å². The average Bonchev–Trinajstić information content (AvgIpc) is 3.35. The Kier molecular flexibility index (Phi) is 23.6. The van der Waals surface area contributed by atoms with Gasteiger partial charge in [0.25, 0.3) is 0 Å². The average molecular weight is 1270 g/mol. The number of aromatic nitrogens is 1. The Bertz CT molecular complexity index is 2320. The van der Waals surface area contributed by atoms with E-state index in [1.54, 1.807) is 0 Å². The van der Waals surface area contributed by atoms with Crippen molar-refractivity contribution in [2.75, 3.05) is 46.2 Å². The molecule has 21 aliphatic heterocycles. The van der Waals surface area contributed by atoms with Crippen molar-refractivity contribution in [2.45, 2.75) is 222 Å². The molecule has 0 saturated carbocycles. The van der Waals surface area contributed by atoms with Crippen molar-refractivity contribution in [3.8, 4) is 0 Å². The third-order valence-corrected chi connectivity index (χ3v) is 16.2. The molecule has 21 aliphatic rings. The standard InChI is InChI=1S/C49H76N2O36/c52-5-15-35-22(59)28(65)44(74-15)82-37-17(7-54)76-46(30(67)24(37)61)84-39-19(9-56)78-48(32(69)26(39)63)86-41-21(11-58)80-49(42(34(41)71)73-12-13-1-2-50-14(3-13)4-51-72)87-40-20(10-57)79-47(33(70)27(40)64)85-38-18(8-55)77-45(31(68)25(38)62)83-36-16(6-53)75-43(81-35)29(66)23(36)60/h1-4,15-49,52-72H,5-12H2/b51-4-/t15-,16-,17-,18-,19-,20-,21-,22-,23-,24-,25?,26-,27-,28-,29?,30-,31-,32-,33-,34+,35-,36-,37-,38-,39-,40-,41-,42-,43-,44-,45-,46-,47-,48-,49-/m1/s1. The second kappa shape index (κ2) is 29.9. The van der Waals surface area contributed by atoms with Crippen LogP contribution in [0.25, 0.3) is 0 Å². The molecular weight excluding hydrogens is 1190 g/mol. The zero-order valence-electron chi connectivity index (χ0n) is 45.6. The normalized spacial score (nSPS) is 50.4. The van der Waals surface area contributed by atoms with E-state index in [0.717, 1.165) is 6.21 Å². The first kappa shape index (κ1) is 68.6. The first-order chi connectivity index (χ1) is 41.6. The third kappa shape index (κ3) is 14.1. The van der Waals surface area contributed by atoms with E-state index >= 15 is 0 Å². The van der Waals surface area contributed by atoms with Crippen molar-refractivity contribution < 1.29 is 178 Å². The molecule has 14 bridgehead atoms. The minimum atomic E-state index is -2.23. The Morgan fingerprint density at radius 1 is 0.345 bits per heavy atom. The molecule has 0 spiro atoms. The summed E-state index contributed by atoms with van der Waals surface area (Å²) in [6.45, 7) is -7.87. The highest BCUT2D eigenvalue weighted by Crippen LogP contribution is 2.39. The second-order valence-electron chi connectivity index (χ2n) is 21.8.